The minimum absolute atomic E-state index is 0.0585. The summed E-state index contributed by atoms with van der Waals surface area (Å²) in [7, 11) is 1.56. The van der Waals surface area contributed by atoms with E-state index in [1.54, 1.807) is 43.5 Å². The van der Waals surface area contributed by atoms with Crippen LogP contribution in [0.4, 0.5) is 11.4 Å². The maximum atomic E-state index is 12.4. The molecule has 3 aromatic rings. The maximum Gasteiger partial charge on any atom is 0.255 e. The van der Waals surface area contributed by atoms with Gasteiger partial charge in [0.2, 0.25) is 5.91 Å². The quantitative estimate of drug-likeness (QED) is 0.609. The van der Waals surface area contributed by atoms with Crippen LogP contribution in [0.25, 0.3) is 0 Å². The van der Waals surface area contributed by atoms with Crippen LogP contribution in [0.5, 0.6) is 5.75 Å². The fraction of sp³-hybridized carbons (Fsp3) is 0.167. The van der Waals surface area contributed by atoms with Gasteiger partial charge in [-0.3, -0.25) is 9.59 Å². The summed E-state index contributed by atoms with van der Waals surface area (Å²) in [4.78, 5) is 24.6. The van der Waals surface area contributed by atoms with Crippen LogP contribution in [0.15, 0.2) is 72.8 Å². The third-order valence-electron chi connectivity index (χ3n) is 4.55. The molecular weight excluding hydrogens is 364 g/mol. The molecule has 0 unspecified atom stereocenters. The number of amides is 2. The van der Waals surface area contributed by atoms with Gasteiger partial charge in [-0.05, 0) is 55.3 Å². The highest BCUT2D eigenvalue weighted by molar-refractivity contribution is 6.05. The van der Waals surface area contributed by atoms with Crippen LogP contribution in [0.1, 0.15) is 27.9 Å². The fourth-order valence-electron chi connectivity index (χ4n) is 2.88. The van der Waals surface area contributed by atoms with E-state index >= 15 is 0 Å². The Labute approximate surface area is 170 Å². The van der Waals surface area contributed by atoms with Gasteiger partial charge in [0.25, 0.3) is 5.91 Å². The second kappa shape index (κ2) is 9.55. The number of para-hydroxylation sites is 2. The second-order valence-corrected chi connectivity index (χ2v) is 6.77. The van der Waals surface area contributed by atoms with E-state index in [1.165, 1.54) is 5.56 Å². The second-order valence-electron chi connectivity index (χ2n) is 6.77. The SMILES string of the molecule is COc1ccccc1NC(=O)c1ccc(NC(=O)CCc2ccc(C)cc2)cc1. The van der Waals surface area contributed by atoms with Gasteiger partial charge in [0, 0.05) is 17.7 Å². The minimum Gasteiger partial charge on any atom is -0.495 e. The summed E-state index contributed by atoms with van der Waals surface area (Å²) in [6.07, 6.45) is 1.09. The lowest BCUT2D eigenvalue weighted by atomic mass is 10.1. The Kier molecular flexibility index (Phi) is 6.63. The standard InChI is InChI=1S/C24H24N2O3/c1-17-7-9-18(10-8-17)11-16-23(27)25-20-14-12-19(13-15-20)24(28)26-21-5-3-4-6-22(21)29-2/h3-10,12-15H,11,16H2,1-2H3,(H,25,27)(H,26,28). The predicted molar refractivity (Wildman–Crippen MR) is 116 cm³/mol. The summed E-state index contributed by atoms with van der Waals surface area (Å²) in [6, 6.07) is 22.2. The van der Waals surface area contributed by atoms with Gasteiger partial charge in [-0.2, -0.15) is 0 Å². The first-order chi connectivity index (χ1) is 14.0. The zero-order valence-electron chi connectivity index (χ0n) is 16.6. The Morgan fingerprint density at radius 1 is 0.862 bits per heavy atom. The molecule has 3 rings (SSSR count). The molecule has 2 amide bonds. The van der Waals surface area contributed by atoms with E-state index in [9.17, 15) is 9.59 Å². The topological polar surface area (TPSA) is 67.4 Å². The molecule has 0 saturated carbocycles. The highest BCUT2D eigenvalue weighted by Crippen LogP contribution is 2.24. The van der Waals surface area contributed by atoms with Gasteiger partial charge in [-0.25, -0.2) is 0 Å². The average molecular weight is 388 g/mol. The van der Waals surface area contributed by atoms with Crippen molar-refractivity contribution < 1.29 is 14.3 Å². The van der Waals surface area contributed by atoms with Crippen molar-refractivity contribution in [3.8, 4) is 5.75 Å². The third-order valence-corrected chi connectivity index (χ3v) is 4.55. The monoisotopic (exact) mass is 388 g/mol. The first kappa shape index (κ1) is 20.1. The largest absolute Gasteiger partial charge is 0.495 e. The van der Waals surface area contributed by atoms with Crippen molar-refractivity contribution in [1.82, 2.24) is 0 Å². The normalized spacial score (nSPS) is 10.3. The smallest absolute Gasteiger partial charge is 0.255 e. The van der Waals surface area contributed by atoms with Gasteiger partial charge < -0.3 is 15.4 Å². The lowest BCUT2D eigenvalue weighted by molar-refractivity contribution is -0.116. The molecule has 5 nitrogen and oxygen atoms in total. The number of carbonyl (C=O) groups is 2. The van der Waals surface area contributed by atoms with Crippen LogP contribution >= 0.6 is 0 Å². The molecule has 0 atom stereocenters. The van der Waals surface area contributed by atoms with Crippen molar-refractivity contribution in [1.29, 1.82) is 0 Å². The molecule has 148 valence electrons. The lowest BCUT2D eigenvalue weighted by Crippen LogP contribution is -2.14. The Balaban J connectivity index is 1.54. The average Bonchev–Trinajstić information content (AvgIpc) is 2.74. The summed E-state index contributed by atoms with van der Waals surface area (Å²) in [5.41, 5.74) is 4.09. The van der Waals surface area contributed by atoms with Crippen LogP contribution in [0.3, 0.4) is 0 Å². The number of anilines is 2. The van der Waals surface area contributed by atoms with Crippen LogP contribution < -0.4 is 15.4 Å². The Morgan fingerprint density at radius 2 is 1.55 bits per heavy atom. The number of carbonyl (C=O) groups excluding carboxylic acids is 2. The highest BCUT2D eigenvalue weighted by atomic mass is 16.5. The van der Waals surface area contributed by atoms with Crippen molar-refractivity contribution in [2.75, 3.05) is 17.7 Å². The fourth-order valence-corrected chi connectivity index (χ4v) is 2.88. The summed E-state index contributed by atoms with van der Waals surface area (Å²) < 4.78 is 5.24. The first-order valence-electron chi connectivity index (χ1n) is 9.45. The minimum atomic E-state index is -0.244. The summed E-state index contributed by atoms with van der Waals surface area (Å²) >= 11 is 0. The van der Waals surface area contributed by atoms with E-state index in [2.05, 4.69) is 10.6 Å². The summed E-state index contributed by atoms with van der Waals surface area (Å²) in [5.74, 6) is 0.293. The number of aryl methyl sites for hydroxylation is 2. The number of hydrogen-bond donors (Lipinski definition) is 2. The predicted octanol–water partition coefficient (Wildman–Crippen LogP) is 4.83. The Morgan fingerprint density at radius 3 is 2.24 bits per heavy atom. The van der Waals surface area contributed by atoms with Gasteiger partial charge in [-0.15, -0.1) is 0 Å². The number of nitrogens with one attached hydrogen (secondary N) is 2. The third kappa shape index (κ3) is 5.69. The molecule has 0 saturated heterocycles. The van der Waals surface area contributed by atoms with Crippen molar-refractivity contribution >= 4 is 23.2 Å². The molecule has 0 bridgehead atoms. The van der Waals surface area contributed by atoms with E-state index < -0.39 is 0 Å². The number of ether oxygens (including phenoxy) is 1. The molecule has 0 aliphatic carbocycles. The van der Waals surface area contributed by atoms with Gasteiger partial charge in [0.05, 0.1) is 12.8 Å². The van der Waals surface area contributed by atoms with Crippen molar-refractivity contribution in [3.05, 3.63) is 89.5 Å². The Hall–Kier alpha value is -3.60. The van der Waals surface area contributed by atoms with Gasteiger partial charge in [0.1, 0.15) is 5.75 Å². The summed E-state index contributed by atoms with van der Waals surface area (Å²) in [6.45, 7) is 2.04. The zero-order chi connectivity index (χ0) is 20.6. The molecule has 0 aliphatic heterocycles. The highest BCUT2D eigenvalue weighted by Gasteiger charge is 2.10. The van der Waals surface area contributed by atoms with Gasteiger partial charge in [0.15, 0.2) is 0 Å². The number of methoxy groups -OCH3 is 1. The molecule has 0 radical (unpaired) electrons. The molecule has 0 aliphatic rings. The van der Waals surface area contributed by atoms with Gasteiger partial charge >= 0.3 is 0 Å². The zero-order valence-corrected chi connectivity index (χ0v) is 16.6. The van der Waals surface area contributed by atoms with E-state index in [4.69, 9.17) is 4.74 Å². The Bertz CT molecular complexity index is 980. The molecule has 2 N–H and O–H groups in total. The van der Waals surface area contributed by atoms with Crippen LogP contribution in [0, 0.1) is 6.92 Å². The summed E-state index contributed by atoms with van der Waals surface area (Å²) in [5, 5.41) is 5.70. The number of rotatable bonds is 7. The first-order valence-corrected chi connectivity index (χ1v) is 9.45. The molecule has 3 aromatic carbocycles. The molecule has 0 spiro atoms. The van der Waals surface area contributed by atoms with Crippen molar-refractivity contribution in [3.63, 3.8) is 0 Å². The lowest BCUT2D eigenvalue weighted by Gasteiger charge is -2.10. The molecule has 5 heteroatoms. The van der Waals surface area contributed by atoms with E-state index in [1.807, 2.05) is 43.3 Å². The van der Waals surface area contributed by atoms with E-state index in [0.29, 0.717) is 35.5 Å². The van der Waals surface area contributed by atoms with Crippen molar-refractivity contribution in [2.24, 2.45) is 0 Å². The van der Waals surface area contributed by atoms with Crippen LogP contribution in [-0.4, -0.2) is 18.9 Å². The molecular formula is C24H24N2O3. The molecule has 0 heterocycles. The number of hydrogen-bond acceptors (Lipinski definition) is 3. The number of benzene rings is 3. The molecule has 0 fully saturated rings. The van der Waals surface area contributed by atoms with Crippen LogP contribution in [-0.2, 0) is 11.2 Å². The molecule has 0 aromatic heterocycles. The van der Waals surface area contributed by atoms with Crippen LogP contribution in [0.2, 0.25) is 0 Å². The van der Waals surface area contributed by atoms with Gasteiger partial charge in [-0.1, -0.05) is 42.0 Å². The van der Waals surface area contributed by atoms with E-state index in [0.717, 1.165) is 5.56 Å². The van der Waals surface area contributed by atoms with E-state index in [-0.39, 0.29) is 11.8 Å². The molecule has 29 heavy (non-hydrogen) atoms. The maximum absolute atomic E-state index is 12.4. The van der Waals surface area contributed by atoms with Crippen molar-refractivity contribution in [2.45, 2.75) is 19.8 Å².